The summed E-state index contributed by atoms with van der Waals surface area (Å²) >= 11 is 0. The van der Waals surface area contributed by atoms with Gasteiger partial charge in [0.15, 0.2) is 5.82 Å². The highest BCUT2D eigenvalue weighted by Crippen LogP contribution is 2.20. The van der Waals surface area contributed by atoms with Crippen molar-refractivity contribution < 1.29 is 0 Å². The molecule has 0 aromatic carbocycles. The summed E-state index contributed by atoms with van der Waals surface area (Å²) in [6.07, 6.45) is 2.70. The van der Waals surface area contributed by atoms with Gasteiger partial charge in [-0.25, -0.2) is 0 Å². The molecule has 0 amide bonds. The van der Waals surface area contributed by atoms with E-state index in [0.29, 0.717) is 6.04 Å². The van der Waals surface area contributed by atoms with Crippen LogP contribution >= 0.6 is 0 Å². The standard InChI is InChI=1S/C11H17N5/c1-5-9-6-10(15(4)14-9)11-13-12-7-16(11)8(2)3/h6-8H,5H2,1-4H3. The third-order valence-electron chi connectivity index (χ3n) is 2.65. The number of hydrogen-bond acceptors (Lipinski definition) is 3. The number of rotatable bonds is 3. The Balaban J connectivity index is 2.49. The average Bonchev–Trinajstić information content (AvgIpc) is 2.82. The van der Waals surface area contributed by atoms with Gasteiger partial charge in [0.25, 0.3) is 0 Å². The molecule has 2 rings (SSSR count). The molecule has 0 saturated carbocycles. The lowest BCUT2D eigenvalue weighted by Crippen LogP contribution is -2.04. The van der Waals surface area contributed by atoms with E-state index in [1.807, 2.05) is 11.7 Å². The van der Waals surface area contributed by atoms with Crippen molar-refractivity contribution in [2.24, 2.45) is 7.05 Å². The Bertz CT molecular complexity index is 480. The second-order valence-corrected chi connectivity index (χ2v) is 4.15. The molecule has 0 atom stereocenters. The van der Waals surface area contributed by atoms with E-state index in [9.17, 15) is 0 Å². The topological polar surface area (TPSA) is 48.5 Å². The number of nitrogens with zero attached hydrogens (tertiary/aromatic N) is 5. The van der Waals surface area contributed by atoms with E-state index in [1.54, 1.807) is 6.33 Å². The van der Waals surface area contributed by atoms with E-state index in [-0.39, 0.29) is 0 Å². The van der Waals surface area contributed by atoms with Gasteiger partial charge < -0.3 is 4.57 Å². The number of hydrogen-bond donors (Lipinski definition) is 0. The Morgan fingerprint density at radius 2 is 2.12 bits per heavy atom. The highest BCUT2D eigenvalue weighted by molar-refractivity contribution is 5.50. The van der Waals surface area contributed by atoms with Crippen LogP contribution in [-0.4, -0.2) is 24.5 Å². The molecule has 0 aliphatic heterocycles. The molecule has 0 bridgehead atoms. The second-order valence-electron chi connectivity index (χ2n) is 4.15. The van der Waals surface area contributed by atoms with Crippen LogP contribution in [0.5, 0.6) is 0 Å². The third-order valence-corrected chi connectivity index (χ3v) is 2.65. The summed E-state index contributed by atoms with van der Waals surface area (Å²) in [5.74, 6) is 0.879. The molecule has 0 fully saturated rings. The van der Waals surface area contributed by atoms with Gasteiger partial charge >= 0.3 is 0 Å². The molecule has 0 unspecified atom stereocenters. The summed E-state index contributed by atoms with van der Waals surface area (Å²) in [5.41, 5.74) is 2.10. The zero-order valence-corrected chi connectivity index (χ0v) is 10.2. The van der Waals surface area contributed by atoms with Crippen molar-refractivity contribution in [3.05, 3.63) is 18.1 Å². The van der Waals surface area contributed by atoms with E-state index in [2.05, 4.69) is 46.7 Å². The van der Waals surface area contributed by atoms with Crippen LogP contribution < -0.4 is 0 Å². The first kappa shape index (κ1) is 10.9. The minimum Gasteiger partial charge on any atom is -0.310 e. The van der Waals surface area contributed by atoms with Crippen molar-refractivity contribution in [2.45, 2.75) is 33.2 Å². The van der Waals surface area contributed by atoms with Crippen molar-refractivity contribution in [3.63, 3.8) is 0 Å². The molecule has 0 radical (unpaired) electrons. The first-order valence-electron chi connectivity index (χ1n) is 5.56. The maximum Gasteiger partial charge on any atom is 0.182 e. The Morgan fingerprint density at radius 3 is 2.69 bits per heavy atom. The molecule has 86 valence electrons. The molecule has 0 saturated heterocycles. The summed E-state index contributed by atoms with van der Waals surface area (Å²) in [6, 6.07) is 2.42. The molecule has 2 aromatic heterocycles. The first-order chi connectivity index (χ1) is 7.63. The minimum absolute atomic E-state index is 0.352. The van der Waals surface area contributed by atoms with Crippen molar-refractivity contribution in [1.29, 1.82) is 0 Å². The van der Waals surface area contributed by atoms with Gasteiger partial charge in [0.2, 0.25) is 0 Å². The predicted octanol–water partition coefficient (Wildman–Crippen LogP) is 1.82. The monoisotopic (exact) mass is 219 g/mol. The van der Waals surface area contributed by atoms with Crippen LogP contribution in [0.1, 0.15) is 32.5 Å². The smallest absolute Gasteiger partial charge is 0.182 e. The lowest BCUT2D eigenvalue weighted by atomic mass is 10.3. The van der Waals surface area contributed by atoms with Crippen LogP contribution in [0.3, 0.4) is 0 Å². The van der Waals surface area contributed by atoms with Crippen LogP contribution in [0.4, 0.5) is 0 Å². The van der Waals surface area contributed by atoms with Crippen LogP contribution in [0.15, 0.2) is 12.4 Å². The number of aromatic nitrogens is 5. The lowest BCUT2D eigenvalue weighted by molar-refractivity contribution is 0.599. The molecular formula is C11H17N5. The fourth-order valence-electron chi connectivity index (χ4n) is 1.71. The highest BCUT2D eigenvalue weighted by Gasteiger charge is 2.14. The van der Waals surface area contributed by atoms with Crippen molar-refractivity contribution in [2.75, 3.05) is 0 Å². The van der Waals surface area contributed by atoms with E-state index >= 15 is 0 Å². The van der Waals surface area contributed by atoms with Gasteiger partial charge in [-0.3, -0.25) is 4.68 Å². The summed E-state index contributed by atoms with van der Waals surface area (Å²) in [7, 11) is 1.94. The summed E-state index contributed by atoms with van der Waals surface area (Å²) in [5, 5.41) is 12.6. The van der Waals surface area contributed by atoms with Crippen LogP contribution in [0.25, 0.3) is 11.5 Å². The normalized spacial score (nSPS) is 11.3. The average molecular weight is 219 g/mol. The zero-order valence-electron chi connectivity index (χ0n) is 10.2. The summed E-state index contributed by atoms with van der Waals surface area (Å²) in [6.45, 7) is 6.33. The van der Waals surface area contributed by atoms with Crippen molar-refractivity contribution in [1.82, 2.24) is 24.5 Å². The highest BCUT2D eigenvalue weighted by atomic mass is 15.3. The Labute approximate surface area is 95.1 Å². The third kappa shape index (κ3) is 1.73. The predicted molar refractivity (Wildman–Crippen MR) is 62.0 cm³/mol. The Kier molecular flexibility index (Phi) is 2.77. The van der Waals surface area contributed by atoms with Gasteiger partial charge in [0.1, 0.15) is 12.0 Å². The Morgan fingerprint density at radius 1 is 1.38 bits per heavy atom. The second kappa shape index (κ2) is 4.08. The first-order valence-corrected chi connectivity index (χ1v) is 5.56. The molecule has 2 heterocycles. The fourth-order valence-corrected chi connectivity index (χ4v) is 1.71. The maximum absolute atomic E-state index is 4.42. The lowest BCUT2D eigenvalue weighted by Gasteiger charge is -2.09. The zero-order chi connectivity index (χ0) is 11.7. The molecule has 5 nitrogen and oxygen atoms in total. The Hall–Kier alpha value is -1.65. The van der Waals surface area contributed by atoms with Gasteiger partial charge in [-0.05, 0) is 26.3 Å². The molecule has 0 spiro atoms. The van der Waals surface area contributed by atoms with Crippen LogP contribution in [0, 0.1) is 0 Å². The van der Waals surface area contributed by atoms with Crippen LogP contribution in [0.2, 0.25) is 0 Å². The van der Waals surface area contributed by atoms with E-state index in [0.717, 1.165) is 23.6 Å². The minimum atomic E-state index is 0.352. The molecule has 0 aliphatic carbocycles. The molecule has 2 aromatic rings. The molecular weight excluding hydrogens is 202 g/mol. The van der Waals surface area contributed by atoms with Gasteiger partial charge in [-0.1, -0.05) is 6.92 Å². The SMILES string of the molecule is CCc1cc(-c2nncn2C(C)C)n(C)n1. The molecule has 5 heteroatoms. The van der Waals surface area contributed by atoms with Crippen molar-refractivity contribution >= 4 is 0 Å². The molecule has 0 aliphatic rings. The maximum atomic E-state index is 4.42. The quantitative estimate of drug-likeness (QED) is 0.791. The summed E-state index contributed by atoms with van der Waals surface area (Å²) in [4.78, 5) is 0. The molecule has 16 heavy (non-hydrogen) atoms. The van der Waals surface area contributed by atoms with Crippen LogP contribution in [-0.2, 0) is 13.5 Å². The van der Waals surface area contributed by atoms with E-state index < -0.39 is 0 Å². The fraction of sp³-hybridized carbons (Fsp3) is 0.545. The van der Waals surface area contributed by atoms with Gasteiger partial charge in [0.05, 0.1) is 5.69 Å². The van der Waals surface area contributed by atoms with Gasteiger partial charge in [-0.2, -0.15) is 5.10 Å². The number of aryl methyl sites for hydroxylation is 2. The summed E-state index contributed by atoms with van der Waals surface area (Å²) < 4.78 is 3.91. The van der Waals surface area contributed by atoms with E-state index in [1.165, 1.54) is 0 Å². The van der Waals surface area contributed by atoms with Gasteiger partial charge in [-0.15, -0.1) is 10.2 Å². The van der Waals surface area contributed by atoms with Crippen molar-refractivity contribution in [3.8, 4) is 11.5 Å². The largest absolute Gasteiger partial charge is 0.310 e. The van der Waals surface area contributed by atoms with E-state index in [4.69, 9.17) is 0 Å². The molecule has 0 N–H and O–H groups in total. The van der Waals surface area contributed by atoms with Gasteiger partial charge in [0, 0.05) is 13.1 Å².